The fourth-order valence-corrected chi connectivity index (χ4v) is 3.69. The summed E-state index contributed by atoms with van der Waals surface area (Å²) < 4.78 is 5.72. The highest BCUT2D eigenvalue weighted by atomic mass is 32.1. The predicted octanol–water partition coefficient (Wildman–Crippen LogP) is 3.81. The van der Waals surface area contributed by atoms with E-state index in [4.69, 9.17) is 4.42 Å². The molecule has 124 valence electrons. The summed E-state index contributed by atoms with van der Waals surface area (Å²) in [5, 5.41) is 2.92. The van der Waals surface area contributed by atoms with E-state index in [9.17, 15) is 4.79 Å². The van der Waals surface area contributed by atoms with Crippen LogP contribution >= 0.6 is 11.3 Å². The van der Waals surface area contributed by atoms with Gasteiger partial charge in [0.15, 0.2) is 5.76 Å². The number of hydrogen-bond donors (Lipinski definition) is 1. The first-order valence-corrected chi connectivity index (χ1v) is 9.06. The van der Waals surface area contributed by atoms with Crippen LogP contribution in [0.1, 0.15) is 45.8 Å². The summed E-state index contributed by atoms with van der Waals surface area (Å²) in [6.45, 7) is 7.95. The van der Waals surface area contributed by atoms with Crippen molar-refractivity contribution in [2.75, 3.05) is 13.1 Å². The van der Waals surface area contributed by atoms with Gasteiger partial charge in [-0.05, 0) is 63.0 Å². The summed E-state index contributed by atoms with van der Waals surface area (Å²) in [5.74, 6) is 1.95. The molecule has 0 spiro atoms. The van der Waals surface area contributed by atoms with Gasteiger partial charge in [0.1, 0.15) is 5.76 Å². The molecular weight excluding hydrogens is 308 g/mol. The molecule has 5 heteroatoms. The van der Waals surface area contributed by atoms with E-state index in [2.05, 4.69) is 30.1 Å². The summed E-state index contributed by atoms with van der Waals surface area (Å²) in [6, 6.07) is 7.81. The lowest BCUT2D eigenvalue weighted by atomic mass is 9.99. The standard InChI is InChI=1S/C18H24N2O2S/c1-13-7-9-20(10-8-13)12-15-4-6-17(22-15)18(21)19-11-16-5-3-14(2)23-16/h3-6,13H,7-12H2,1-2H3,(H,19,21). The van der Waals surface area contributed by atoms with Crippen molar-refractivity contribution in [2.24, 2.45) is 5.92 Å². The van der Waals surface area contributed by atoms with Gasteiger partial charge in [-0.3, -0.25) is 9.69 Å². The van der Waals surface area contributed by atoms with Crippen molar-refractivity contribution in [3.05, 3.63) is 45.5 Å². The van der Waals surface area contributed by atoms with Gasteiger partial charge in [0, 0.05) is 9.75 Å². The lowest BCUT2D eigenvalue weighted by Gasteiger charge is -2.29. The molecule has 1 aliphatic rings. The number of hydrogen-bond acceptors (Lipinski definition) is 4. The summed E-state index contributed by atoms with van der Waals surface area (Å²) in [7, 11) is 0. The van der Waals surface area contributed by atoms with Crippen molar-refractivity contribution in [1.29, 1.82) is 0 Å². The van der Waals surface area contributed by atoms with Crippen LogP contribution in [-0.2, 0) is 13.1 Å². The van der Waals surface area contributed by atoms with E-state index in [-0.39, 0.29) is 5.91 Å². The second-order valence-corrected chi connectivity index (χ2v) is 7.79. The monoisotopic (exact) mass is 332 g/mol. The third kappa shape index (κ3) is 4.45. The van der Waals surface area contributed by atoms with Crippen LogP contribution in [0, 0.1) is 12.8 Å². The van der Waals surface area contributed by atoms with Crippen LogP contribution in [0.15, 0.2) is 28.7 Å². The summed E-state index contributed by atoms with van der Waals surface area (Å²) in [6.07, 6.45) is 2.49. The molecular formula is C18H24N2O2S. The number of rotatable bonds is 5. The van der Waals surface area contributed by atoms with Crippen molar-refractivity contribution in [3.63, 3.8) is 0 Å². The molecule has 0 saturated carbocycles. The van der Waals surface area contributed by atoms with Crippen LogP contribution in [0.3, 0.4) is 0 Å². The lowest BCUT2D eigenvalue weighted by molar-refractivity contribution is 0.0918. The Hall–Kier alpha value is -1.59. The van der Waals surface area contributed by atoms with E-state index in [1.165, 1.54) is 17.7 Å². The Morgan fingerprint density at radius 3 is 2.78 bits per heavy atom. The molecule has 2 aromatic rings. The Bertz CT molecular complexity index is 654. The van der Waals surface area contributed by atoms with Crippen molar-refractivity contribution in [3.8, 4) is 0 Å². The third-order valence-corrected chi connectivity index (χ3v) is 5.36. The van der Waals surface area contributed by atoms with Crippen LogP contribution < -0.4 is 5.32 Å². The van der Waals surface area contributed by atoms with Gasteiger partial charge in [-0.2, -0.15) is 0 Å². The third-order valence-electron chi connectivity index (χ3n) is 4.36. The molecule has 3 rings (SSSR count). The van der Waals surface area contributed by atoms with E-state index in [0.29, 0.717) is 12.3 Å². The number of furan rings is 1. The number of thiophene rings is 1. The molecule has 0 unspecified atom stereocenters. The zero-order chi connectivity index (χ0) is 16.2. The Morgan fingerprint density at radius 1 is 1.30 bits per heavy atom. The Labute approximate surface area is 141 Å². The first kappa shape index (κ1) is 16.3. The second kappa shape index (κ2) is 7.32. The minimum Gasteiger partial charge on any atom is -0.455 e. The molecule has 1 saturated heterocycles. The molecule has 1 fully saturated rings. The maximum atomic E-state index is 12.2. The highest BCUT2D eigenvalue weighted by Gasteiger charge is 2.18. The number of nitrogens with one attached hydrogen (secondary N) is 1. The molecule has 1 N–H and O–H groups in total. The van der Waals surface area contributed by atoms with E-state index in [1.54, 1.807) is 17.4 Å². The highest BCUT2D eigenvalue weighted by molar-refractivity contribution is 7.11. The molecule has 23 heavy (non-hydrogen) atoms. The number of carbonyl (C=O) groups excluding carboxylic acids is 1. The molecule has 0 aliphatic carbocycles. The normalized spacial score (nSPS) is 16.6. The van der Waals surface area contributed by atoms with Crippen molar-refractivity contribution in [1.82, 2.24) is 10.2 Å². The average molecular weight is 332 g/mol. The summed E-state index contributed by atoms with van der Waals surface area (Å²) in [4.78, 5) is 17.0. The number of likely N-dealkylation sites (tertiary alicyclic amines) is 1. The highest BCUT2D eigenvalue weighted by Crippen LogP contribution is 2.19. The van der Waals surface area contributed by atoms with Gasteiger partial charge in [0.05, 0.1) is 13.1 Å². The van der Waals surface area contributed by atoms with Crippen LogP contribution in [0.4, 0.5) is 0 Å². The molecule has 3 heterocycles. The van der Waals surface area contributed by atoms with Crippen LogP contribution in [0.5, 0.6) is 0 Å². The van der Waals surface area contributed by atoms with Crippen LogP contribution in [0.25, 0.3) is 0 Å². The van der Waals surface area contributed by atoms with Gasteiger partial charge >= 0.3 is 0 Å². The quantitative estimate of drug-likeness (QED) is 0.905. The molecule has 0 atom stereocenters. The minimum absolute atomic E-state index is 0.144. The maximum Gasteiger partial charge on any atom is 0.287 e. The molecule has 0 aromatic carbocycles. The smallest absolute Gasteiger partial charge is 0.287 e. The topological polar surface area (TPSA) is 45.5 Å². The number of piperidine rings is 1. The van der Waals surface area contributed by atoms with E-state index < -0.39 is 0 Å². The SMILES string of the molecule is Cc1ccc(CNC(=O)c2ccc(CN3CCC(C)CC3)o2)s1. The zero-order valence-electron chi connectivity index (χ0n) is 13.8. The van der Waals surface area contributed by atoms with E-state index >= 15 is 0 Å². The fourth-order valence-electron chi connectivity index (χ4n) is 2.86. The van der Waals surface area contributed by atoms with Crippen LogP contribution in [-0.4, -0.2) is 23.9 Å². The molecule has 0 bridgehead atoms. The van der Waals surface area contributed by atoms with Crippen LogP contribution in [0.2, 0.25) is 0 Å². The number of nitrogens with zero attached hydrogens (tertiary/aromatic N) is 1. The minimum atomic E-state index is -0.144. The first-order chi connectivity index (χ1) is 11.1. The maximum absolute atomic E-state index is 12.2. The first-order valence-electron chi connectivity index (χ1n) is 8.25. The van der Waals surface area contributed by atoms with E-state index in [0.717, 1.165) is 36.2 Å². The fraction of sp³-hybridized carbons (Fsp3) is 0.500. The molecule has 1 amide bonds. The van der Waals surface area contributed by atoms with Crippen molar-refractivity contribution >= 4 is 17.2 Å². The Morgan fingerprint density at radius 2 is 2.09 bits per heavy atom. The molecule has 1 aliphatic heterocycles. The Balaban J connectivity index is 1.50. The number of amides is 1. The largest absolute Gasteiger partial charge is 0.455 e. The van der Waals surface area contributed by atoms with Gasteiger partial charge in [-0.1, -0.05) is 6.92 Å². The summed E-state index contributed by atoms with van der Waals surface area (Å²) >= 11 is 1.70. The van der Waals surface area contributed by atoms with Gasteiger partial charge in [-0.15, -0.1) is 11.3 Å². The molecule has 2 aromatic heterocycles. The van der Waals surface area contributed by atoms with Crippen molar-refractivity contribution < 1.29 is 9.21 Å². The van der Waals surface area contributed by atoms with Gasteiger partial charge in [0.2, 0.25) is 0 Å². The molecule has 4 nitrogen and oxygen atoms in total. The predicted molar refractivity (Wildman–Crippen MR) is 92.6 cm³/mol. The average Bonchev–Trinajstić information content (AvgIpc) is 3.16. The lowest BCUT2D eigenvalue weighted by Crippen LogP contribution is -2.32. The second-order valence-electron chi connectivity index (χ2n) is 6.42. The van der Waals surface area contributed by atoms with Gasteiger partial charge in [0.25, 0.3) is 5.91 Å². The van der Waals surface area contributed by atoms with E-state index in [1.807, 2.05) is 12.1 Å². The Kier molecular flexibility index (Phi) is 5.18. The number of aryl methyl sites for hydroxylation is 1. The zero-order valence-corrected chi connectivity index (χ0v) is 14.6. The summed E-state index contributed by atoms with van der Waals surface area (Å²) in [5.41, 5.74) is 0. The van der Waals surface area contributed by atoms with Gasteiger partial charge < -0.3 is 9.73 Å². The molecule has 0 radical (unpaired) electrons. The van der Waals surface area contributed by atoms with Gasteiger partial charge in [-0.25, -0.2) is 0 Å². The number of carbonyl (C=O) groups is 1. The van der Waals surface area contributed by atoms with Crippen molar-refractivity contribution in [2.45, 2.75) is 39.8 Å².